The minimum absolute atomic E-state index is 0.324. The Bertz CT molecular complexity index is 779. The second kappa shape index (κ2) is 4.48. The number of hydrogen-bond donors (Lipinski definition) is 4. The molecule has 1 aromatic carbocycles. The number of benzene rings is 1. The molecule has 1 aliphatic rings. The predicted molar refractivity (Wildman–Crippen MR) is 74.5 cm³/mol. The van der Waals surface area contributed by atoms with Crippen molar-refractivity contribution < 1.29 is 14.7 Å². The van der Waals surface area contributed by atoms with Crippen LogP contribution in [0.4, 0.5) is 5.69 Å². The van der Waals surface area contributed by atoms with Crippen molar-refractivity contribution >= 4 is 44.5 Å². The first-order chi connectivity index (χ1) is 9.45. The highest BCUT2D eigenvalue weighted by atomic mass is 79.9. The Morgan fingerprint density at radius 1 is 1.25 bits per heavy atom. The van der Waals surface area contributed by atoms with Crippen molar-refractivity contribution in [3.8, 4) is 0 Å². The molecule has 8 heteroatoms. The number of carboxylic acid groups (broad SMARTS) is 1. The average Bonchev–Trinajstić information content (AvgIpc) is 3.08. The maximum Gasteiger partial charge on any atom is 0.323 e. The van der Waals surface area contributed by atoms with Gasteiger partial charge in [0.2, 0.25) is 5.91 Å². The molecule has 0 radical (unpaired) electrons. The van der Waals surface area contributed by atoms with Gasteiger partial charge in [-0.25, -0.2) is 4.79 Å². The van der Waals surface area contributed by atoms with E-state index in [1.54, 1.807) is 12.1 Å². The average molecular weight is 340 g/mol. The highest BCUT2D eigenvalue weighted by molar-refractivity contribution is 9.10. The molecule has 4 N–H and O–H groups in total. The van der Waals surface area contributed by atoms with E-state index >= 15 is 0 Å². The lowest BCUT2D eigenvalue weighted by molar-refractivity contribution is -0.139. The van der Waals surface area contributed by atoms with Crippen molar-refractivity contribution in [2.24, 2.45) is 11.8 Å². The Kier molecular flexibility index (Phi) is 2.89. The molecule has 1 amide bonds. The lowest BCUT2D eigenvalue weighted by Crippen LogP contribution is -2.17. The number of fused-ring (bicyclic) bond motifs is 1. The van der Waals surface area contributed by atoms with E-state index in [0.717, 1.165) is 0 Å². The van der Waals surface area contributed by atoms with Crippen LogP contribution in [0.25, 0.3) is 11.0 Å². The van der Waals surface area contributed by atoms with Gasteiger partial charge in [-0.05, 0) is 34.5 Å². The van der Waals surface area contributed by atoms with Crippen LogP contribution >= 0.6 is 15.9 Å². The largest absolute Gasteiger partial charge is 0.481 e. The summed E-state index contributed by atoms with van der Waals surface area (Å²) in [4.78, 5) is 39.0. The van der Waals surface area contributed by atoms with Gasteiger partial charge in [0.25, 0.3) is 0 Å². The summed E-state index contributed by atoms with van der Waals surface area (Å²) in [5, 5.41) is 11.5. The SMILES string of the molecule is O=C(O)[C@H]1C[C@H]1C(=O)Nc1cc2[nH]c(=O)[nH]c2cc1Br. The number of aliphatic carboxylic acids is 1. The van der Waals surface area contributed by atoms with Crippen LogP contribution in [0.15, 0.2) is 21.4 Å². The second-order valence-corrected chi connectivity index (χ2v) is 5.59. The zero-order valence-electron chi connectivity index (χ0n) is 10.1. The van der Waals surface area contributed by atoms with Crippen LogP contribution in [0.5, 0.6) is 0 Å². The number of amides is 1. The zero-order chi connectivity index (χ0) is 14.4. The first-order valence-electron chi connectivity index (χ1n) is 5.91. The van der Waals surface area contributed by atoms with Crippen LogP contribution in [0.1, 0.15) is 6.42 Å². The highest BCUT2D eigenvalue weighted by Gasteiger charge is 2.48. The van der Waals surface area contributed by atoms with Gasteiger partial charge >= 0.3 is 11.7 Å². The van der Waals surface area contributed by atoms with Crippen molar-refractivity contribution in [3.63, 3.8) is 0 Å². The fourth-order valence-corrected chi connectivity index (χ4v) is 2.58. The number of hydrogen-bond acceptors (Lipinski definition) is 3. The molecule has 0 bridgehead atoms. The monoisotopic (exact) mass is 339 g/mol. The Morgan fingerprint density at radius 3 is 2.50 bits per heavy atom. The van der Waals surface area contributed by atoms with E-state index in [2.05, 4.69) is 31.2 Å². The van der Waals surface area contributed by atoms with Crippen molar-refractivity contribution in [1.82, 2.24) is 9.97 Å². The summed E-state index contributed by atoms with van der Waals surface area (Å²) in [6, 6.07) is 3.29. The lowest BCUT2D eigenvalue weighted by Gasteiger charge is -2.07. The van der Waals surface area contributed by atoms with E-state index in [1.165, 1.54) is 0 Å². The number of rotatable bonds is 3. The van der Waals surface area contributed by atoms with Crippen LogP contribution in [0.2, 0.25) is 0 Å². The van der Waals surface area contributed by atoms with Gasteiger partial charge in [-0.3, -0.25) is 9.59 Å². The van der Waals surface area contributed by atoms with Crippen LogP contribution < -0.4 is 11.0 Å². The minimum atomic E-state index is -0.949. The van der Waals surface area contributed by atoms with Gasteiger partial charge in [0.15, 0.2) is 0 Å². The van der Waals surface area contributed by atoms with E-state index < -0.39 is 17.8 Å². The molecule has 2 aromatic rings. The molecule has 1 fully saturated rings. The minimum Gasteiger partial charge on any atom is -0.481 e. The Labute approximate surface area is 120 Å². The maximum atomic E-state index is 11.9. The van der Waals surface area contributed by atoms with Gasteiger partial charge in [-0.1, -0.05) is 0 Å². The molecule has 2 atom stereocenters. The predicted octanol–water partition coefficient (Wildman–Crippen LogP) is 1.28. The van der Waals surface area contributed by atoms with Crippen LogP contribution in [-0.4, -0.2) is 27.0 Å². The number of anilines is 1. The summed E-state index contributed by atoms with van der Waals surface area (Å²) >= 11 is 3.30. The first-order valence-corrected chi connectivity index (χ1v) is 6.70. The number of carboxylic acids is 1. The van der Waals surface area contributed by atoms with Crippen molar-refractivity contribution in [2.45, 2.75) is 6.42 Å². The van der Waals surface area contributed by atoms with E-state index in [0.29, 0.717) is 27.6 Å². The number of halogens is 1. The molecule has 0 spiro atoms. The molecule has 0 saturated heterocycles. The fourth-order valence-electron chi connectivity index (χ4n) is 2.13. The van der Waals surface area contributed by atoms with Gasteiger partial charge in [0.05, 0.1) is 28.6 Å². The zero-order valence-corrected chi connectivity index (χ0v) is 11.7. The maximum absolute atomic E-state index is 11.9. The highest BCUT2D eigenvalue weighted by Crippen LogP contribution is 2.40. The van der Waals surface area contributed by atoms with Crippen LogP contribution in [-0.2, 0) is 9.59 Å². The van der Waals surface area contributed by atoms with Crippen LogP contribution in [0.3, 0.4) is 0 Å². The summed E-state index contributed by atoms with van der Waals surface area (Å²) in [6.45, 7) is 0. The van der Waals surface area contributed by atoms with Crippen molar-refractivity contribution in [2.75, 3.05) is 5.32 Å². The number of aromatic nitrogens is 2. The Hall–Kier alpha value is -2.09. The fraction of sp³-hybridized carbons (Fsp3) is 0.250. The molecule has 104 valence electrons. The molecule has 1 saturated carbocycles. The standard InChI is InChI=1S/C12H10BrN3O4/c13-6-2-8-9(16-12(20)15-8)3-7(6)14-10(17)4-1-5(4)11(18)19/h2-5H,1H2,(H,14,17)(H,18,19)(H2,15,16,20)/t4-,5+/m1/s1. The third-order valence-corrected chi connectivity index (χ3v) is 3.96. The molecule has 1 aliphatic carbocycles. The lowest BCUT2D eigenvalue weighted by atomic mass is 10.2. The summed E-state index contributed by atoms with van der Waals surface area (Å²) in [5.41, 5.74) is 1.35. The summed E-state index contributed by atoms with van der Waals surface area (Å²) in [7, 11) is 0. The van der Waals surface area contributed by atoms with Gasteiger partial charge in [0.1, 0.15) is 0 Å². The van der Waals surface area contributed by atoms with Crippen LogP contribution in [0, 0.1) is 11.8 Å². The number of carbonyl (C=O) groups excluding carboxylic acids is 1. The van der Waals surface area contributed by atoms with Gasteiger partial charge in [-0.2, -0.15) is 0 Å². The summed E-state index contributed by atoms with van der Waals surface area (Å²) < 4.78 is 0.612. The third-order valence-electron chi connectivity index (χ3n) is 3.31. The molecule has 0 aliphatic heterocycles. The number of aromatic amines is 2. The van der Waals surface area contributed by atoms with Crippen molar-refractivity contribution in [3.05, 3.63) is 27.1 Å². The van der Waals surface area contributed by atoms with E-state index in [1.807, 2.05) is 0 Å². The molecular weight excluding hydrogens is 330 g/mol. The topological polar surface area (TPSA) is 115 Å². The Morgan fingerprint density at radius 2 is 1.90 bits per heavy atom. The number of carbonyl (C=O) groups is 2. The molecule has 0 unspecified atom stereocenters. The first kappa shape index (κ1) is 12.9. The molecule has 1 heterocycles. The van der Waals surface area contributed by atoms with Gasteiger partial charge in [-0.15, -0.1) is 0 Å². The molecule has 1 aromatic heterocycles. The molecule has 3 rings (SSSR count). The molecular formula is C12H10BrN3O4. The third kappa shape index (κ3) is 2.22. The van der Waals surface area contributed by atoms with E-state index in [-0.39, 0.29) is 11.6 Å². The quantitative estimate of drug-likeness (QED) is 0.674. The Balaban J connectivity index is 1.84. The van der Waals surface area contributed by atoms with E-state index in [4.69, 9.17) is 5.11 Å². The summed E-state index contributed by atoms with van der Waals surface area (Å²) in [6.07, 6.45) is 0.363. The van der Waals surface area contributed by atoms with Gasteiger partial charge < -0.3 is 20.4 Å². The molecule has 20 heavy (non-hydrogen) atoms. The molecule has 7 nitrogen and oxygen atoms in total. The van der Waals surface area contributed by atoms with Crippen molar-refractivity contribution in [1.29, 1.82) is 0 Å². The number of nitrogens with one attached hydrogen (secondary N) is 3. The normalized spacial score (nSPS) is 20.9. The second-order valence-electron chi connectivity index (χ2n) is 4.73. The smallest absolute Gasteiger partial charge is 0.323 e. The van der Waals surface area contributed by atoms with E-state index in [9.17, 15) is 14.4 Å². The summed E-state index contributed by atoms with van der Waals surface area (Å²) in [5.74, 6) is -2.35. The number of imidazole rings is 1. The van der Waals surface area contributed by atoms with Gasteiger partial charge in [0, 0.05) is 4.47 Å². The number of H-pyrrole nitrogens is 2.